The monoisotopic (exact) mass is 238 g/mol. The Morgan fingerprint density at radius 1 is 1.18 bits per heavy atom. The van der Waals surface area contributed by atoms with Gasteiger partial charge in [0.15, 0.2) is 0 Å². The highest BCUT2D eigenvalue weighted by Crippen LogP contribution is 2.22. The predicted molar refractivity (Wildman–Crippen MR) is 69.6 cm³/mol. The van der Waals surface area contributed by atoms with Gasteiger partial charge in [-0.1, -0.05) is 0 Å². The average molecular weight is 238 g/mol. The number of benzene rings is 1. The van der Waals surface area contributed by atoms with Crippen LogP contribution in [-0.4, -0.2) is 39.3 Å². The Kier molecular flexibility index (Phi) is 5.80. The molecule has 0 aliphatic rings. The Balaban J connectivity index is 2.51. The largest absolute Gasteiger partial charge is 0.497 e. The zero-order valence-corrected chi connectivity index (χ0v) is 10.9. The SMILES string of the molecule is COc1cc(CN)cc(OCCCN(C)C)c1. The maximum atomic E-state index is 5.68. The molecule has 1 aromatic rings. The molecular weight excluding hydrogens is 216 g/mol. The molecule has 0 fully saturated rings. The maximum Gasteiger partial charge on any atom is 0.123 e. The molecule has 0 atom stereocenters. The second-order valence-corrected chi connectivity index (χ2v) is 4.23. The van der Waals surface area contributed by atoms with Gasteiger partial charge < -0.3 is 20.1 Å². The number of nitrogens with two attached hydrogens (primary N) is 1. The molecule has 0 amide bonds. The first-order valence-corrected chi connectivity index (χ1v) is 5.81. The zero-order valence-electron chi connectivity index (χ0n) is 10.9. The molecule has 0 bridgehead atoms. The lowest BCUT2D eigenvalue weighted by Gasteiger charge is -2.12. The maximum absolute atomic E-state index is 5.68. The molecule has 0 aromatic heterocycles. The van der Waals surface area contributed by atoms with Crippen LogP contribution in [0.4, 0.5) is 0 Å². The minimum absolute atomic E-state index is 0.491. The standard InChI is InChI=1S/C13H22N2O2/c1-15(2)5-4-6-17-13-8-11(10-14)7-12(9-13)16-3/h7-9H,4-6,10,14H2,1-3H3. The molecule has 0 saturated carbocycles. The first-order chi connectivity index (χ1) is 8.15. The van der Waals surface area contributed by atoms with Crippen LogP contribution >= 0.6 is 0 Å². The summed E-state index contributed by atoms with van der Waals surface area (Å²) in [6, 6.07) is 5.76. The van der Waals surface area contributed by atoms with Crippen LogP contribution in [0.15, 0.2) is 18.2 Å². The Morgan fingerprint density at radius 3 is 2.47 bits per heavy atom. The minimum atomic E-state index is 0.491. The van der Waals surface area contributed by atoms with E-state index in [4.69, 9.17) is 15.2 Å². The van der Waals surface area contributed by atoms with E-state index in [1.807, 2.05) is 18.2 Å². The van der Waals surface area contributed by atoms with E-state index in [9.17, 15) is 0 Å². The van der Waals surface area contributed by atoms with Gasteiger partial charge in [-0.2, -0.15) is 0 Å². The lowest BCUT2D eigenvalue weighted by molar-refractivity contribution is 0.280. The summed E-state index contributed by atoms with van der Waals surface area (Å²) < 4.78 is 10.9. The fraction of sp³-hybridized carbons (Fsp3) is 0.538. The number of nitrogens with zero attached hydrogens (tertiary/aromatic N) is 1. The first-order valence-electron chi connectivity index (χ1n) is 5.81. The summed E-state index contributed by atoms with van der Waals surface area (Å²) in [5.74, 6) is 1.61. The van der Waals surface area contributed by atoms with Gasteiger partial charge in [-0.3, -0.25) is 0 Å². The topological polar surface area (TPSA) is 47.7 Å². The molecule has 96 valence electrons. The molecule has 0 aliphatic heterocycles. The molecule has 4 heteroatoms. The van der Waals surface area contributed by atoms with E-state index in [2.05, 4.69) is 19.0 Å². The Bertz CT molecular complexity index is 318. The van der Waals surface area contributed by atoms with Gasteiger partial charge in [0, 0.05) is 19.2 Å². The van der Waals surface area contributed by atoms with Crippen LogP contribution < -0.4 is 15.2 Å². The molecule has 0 heterocycles. The summed E-state index contributed by atoms with van der Waals surface area (Å²) in [6.45, 7) is 2.22. The third-order valence-corrected chi connectivity index (χ3v) is 2.43. The molecule has 1 aromatic carbocycles. The Hall–Kier alpha value is -1.26. The molecule has 4 nitrogen and oxygen atoms in total. The summed E-state index contributed by atoms with van der Waals surface area (Å²) in [7, 11) is 5.75. The molecule has 0 unspecified atom stereocenters. The summed E-state index contributed by atoms with van der Waals surface area (Å²) in [5.41, 5.74) is 6.64. The fourth-order valence-corrected chi connectivity index (χ4v) is 1.52. The van der Waals surface area contributed by atoms with Crippen molar-refractivity contribution in [2.24, 2.45) is 5.73 Å². The lowest BCUT2D eigenvalue weighted by atomic mass is 10.2. The van der Waals surface area contributed by atoms with Gasteiger partial charge in [0.2, 0.25) is 0 Å². The number of rotatable bonds is 7. The van der Waals surface area contributed by atoms with Crippen molar-refractivity contribution in [2.75, 3.05) is 34.4 Å². The molecular formula is C13H22N2O2. The summed E-state index contributed by atoms with van der Waals surface area (Å²) in [4.78, 5) is 2.14. The molecule has 2 N–H and O–H groups in total. The van der Waals surface area contributed by atoms with E-state index in [1.165, 1.54) is 0 Å². The Labute approximate surface area is 103 Å². The van der Waals surface area contributed by atoms with Crippen LogP contribution in [0.25, 0.3) is 0 Å². The molecule has 0 saturated heterocycles. The van der Waals surface area contributed by atoms with Crippen LogP contribution in [0.1, 0.15) is 12.0 Å². The van der Waals surface area contributed by atoms with E-state index in [1.54, 1.807) is 7.11 Å². The summed E-state index contributed by atoms with van der Waals surface area (Å²) >= 11 is 0. The van der Waals surface area contributed by atoms with Crippen molar-refractivity contribution in [2.45, 2.75) is 13.0 Å². The van der Waals surface area contributed by atoms with Crippen LogP contribution in [0, 0.1) is 0 Å². The van der Waals surface area contributed by atoms with E-state index in [-0.39, 0.29) is 0 Å². The van der Waals surface area contributed by atoms with Crippen molar-refractivity contribution >= 4 is 0 Å². The third-order valence-electron chi connectivity index (χ3n) is 2.43. The van der Waals surface area contributed by atoms with Crippen LogP contribution in [0.2, 0.25) is 0 Å². The average Bonchev–Trinajstić information content (AvgIpc) is 2.34. The number of ether oxygens (including phenoxy) is 2. The van der Waals surface area contributed by atoms with Crippen molar-refractivity contribution in [3.05, 3.63) is 23.8 Å². The quantitative estimate of drug-likeness (QED) is 0.731. The van der Waals surface area contributed by atoms with Crippen molar-refractivity contribution in [3.8, 4) is 11.5 Å². The zero-order chi connectivity index (χ0) is 12.7. The second kappa shape index (κ2) is 7.14. The second-order valence-electron chi connectivity index (χ2n) is 4.23. The summed E-state index contributed by atoms with van der Waals surface area (Å²) in [6.07, 6.45) is 1.00. The van der Waals surface area contributed by atoms with Gasteiger partial charge in [-0.25, -0.2) is 0 Å². The van der Waals surface area contributed by atoms with Crippen molar-refractivity contribution in [1.82, 2.24) is 4.90 Å². The number of hydrogen-bond acceptors (Lipinski definition) is 4. The van der Waals surface area contributed by atoms with Gasteiger partial charge in [0.05, 0.1) is 13.7 Å². The highest BCUT2D eigenvalue weighted by molar-refractivity contribution is 5.38. The van der Waals surface area contributed by atoms with Gasteiger partial charge in [-0.15, -0.1) is 0 Å². The highest BCUT2D eigenvalue weighted by Gasteiger charge is 2.01. The third kappa shape index (κ3) is 5.06. The molecule has 17 heavy (non-hydrogen) atoms. The highest BCUT2D eigenvalue weighted by atomic mass is 16.5. The van der Waals surface area contributed by atoms with Gasteiger partial charge in [0.1, 0.15) is 11.5 Å². The smallest absolute Gasteiger partial charge is 0.123 e. The normalized spacial score (nSPS) is 10.6. The van der Waals surface area contributed by atoms with Crippen LogP contribution in [0.3, 0.4) is 0 Å². The van der Waals surface area contributed by atoms with Gasteiger partial charge >= 0.3 is 0 Å². The van der Waals surface area contributed by atoms with Gasteiger partial charge in [-0.05, 0) is 38.2 Å². The van der Waals surface area contributed by atoms with E-state index >= 15 is 0 Å². The molecule has 1 rings (SSSR count). The molecule has 0 aliphatic carbocycles. The van der Waals surface area contributed by atoms with Gasteiger partial charge in [0.25, 0.3) is 0 Å². The first kappa shape index (κ1) is 13.8. The van der Waals surface area contributed by atoms with Crippen LogP contribution in [-0.2, 0) is 6.54 Å². The lowest BCUT2D eigenvalue weighted by Crippen LogP contribution is -2.15. The number of methoxy groups -OCH3 is 1. The molecule has 0 radical (unpaired) electrons. The van der Waals surface area contributed by atoms with E-state index < -0.39 is 0 Å². The van der Waals surface area contributed by atoms with E-state index in [0.29, 0.717) is 13.2 Å². The Morgan fingerprint density at radius 2 is 1.88 bits per heavy atom. The predicted octanol–water partition coefficient (Wildman–Crippen LogP) is 1.48. The van der Waals surface area contributed by atoms with Crippen LogP contribution in [0.5, 0.6) is 11.5 Å². The number of hydrogen-bond donors (Lipinski definition) is 1. The van der Waals surface area contributed by atoms with Crippen molar-refractivity contribution < 1.29 is 9.47 Å². The molecule has 0 spiro atoms. The minimum Gasteiger partial charge on any atom is -0.497 e. The summed E-state index contributed by atoms with van der Waals surface area (Å²) in [5, 5.41) is 0. The fourth-order valence-electron chi connectivity index (χ4n) is 1.52. The van der Waals surface area contributed by atoms with Crippen molar-refractivity contribution in [1.29, 1.82) is 0 Å². The van der Waals surface area contributed by atoms with E-state index in [0.717, 1.165) is 30.0 Å². The van der Waals surface area contributed by atoms with Crippen molar-refractivity contribution in [3.63, 3.8) is 0 Å².